The summed E-state index contributed by atoms with van der Waals surface area (Å²) in [5.74, 6) is 0.744. The van der Waals surface area contributed by atoms with Gasteiger partial charge in [0, 0.05) is 6.20 Å². The molecule has 1 aromatic heterocycles. The smallest absolute Gasteiger partial charge is 0.172 e. The Balaban J connectivity index is 1.82. The van der Waals surface area contributed by atoms with Crippen LogP contribution < -0.4 is 10.6 Å². The molecule has 0 fully saturated rings. The minimum atomic E-state index is -0.0217. The Morgan fingerprint density at radius 2 is 1.56 bits per heavy atom. The van der Waals surface area contributed by atoms with Gasteiger partial charge in [0.05, 0.1) is 6.04 Å². The summed E-state index contributed by atoms with van der Waals surface area (Å²) in [4.78, 5) is 4.31. The Bertz CT molecular complexity index is 845. The average Bonchev–Trinajstić information content (AvgIpc) is 2.61. The molecule has 4 heteroatoms. The molecule has 126 valence electrons. The number of thiocarbonyl (C=S) groups is 1. The first-order chi connectivity index (χ1) is 12.1. The molecule has 2 N–H and O–H groups in total. The lowest BCUT2D eigenvalue weighted by Gasteiger charge is -2.22. The topological polar surface area (TPSA) is 37.0 Å². The monoisotopic (exact) mass is 347 g/mol. The summed E-state index contributed by atoms with van der Waals surface area (Å²) in [5, 5.41) is 7.14. The maximum atomic E-state index is 5.52. The highest BCUT2D eigenvalue weighted by molar-refractivity contribution is 7.80. The van der Waals surface area contributed by atoms with Crippen LogP contribution in [0.3, 0.4) is 0 Å². The number of anilines is 1. The zero-order chi connectivity index (χ0) is 17.6. The highest BCUT2D eigenvalue weighted by Crippen LogP contribution is 2.22. The fourth-order valence-electron chi connectivity index (χ4n) is 2.65. The lowest BCUT2D eigenvalue weighted by molar-refractivity contribution is 0.768. The van der Waals surface area contributed by atoms with E-state index in [1.165, 1.54) is 5.56 Å². The fraction of sp³-hybridized carbons (Fsp3) is 0.143. The van der Waals surface area contributed by atoms with E-state index in [0.717, 1.165) is 22.5 Å². The second-order valence-electron chi connectivity index (χ2n) is 6.07. The maximum absolute atomic E-state index is 5.52. The van der Waals surface area contributed by atoms with Crippen molar-refractivity contribution in [3.05, 3.63) is 95.2 Å². The van der Waals surface area contributed by atoms with Crippen LogP contribution in [0.15, 0.2) is 72.9 Å². The molecule has 0 bridgehead atoms. The van der Waals surface area contributed by atoms with Gasteiger partial charge in [-0.25, -0.2) is 4.98 Å². The van der Waals surface area contributed by atoms with Crippen molar-refractivity contribution < 1.29 is 0 Å². The zero-order valence-electron chi connectivity index (χ0n) is 14.4. The van der Waals surface area contributed by atoms with E-state index < -0.39 is 0 Å². The van der Waals surface area contributed by atoms with Crippen molar-refractivity contribution in [2.75, 3.05) is 5.32 Å². The Kier molecular flexibility index (Phi) is 5.41. The van der Waals surface area contributed by atoms with Gasteiger partial charge in [-0.2, -0.15) is 0 Å². The third-order valence-corrected chi connectivity index (χ3v) is 4.20. The van der Waals surface area contributed by atoms with Crippen molar-refractivity contribution in [3.63, 3.8) is 0 Å². The van der Waals surface area contributed by atoms with Crippen molar-refractivity contribution >= 4 is 23.1 Å². The summed E-state index contributed by atoms with van der Waals surface area (Å²) in [6, 6.07) is 22.7. The molecular formula is C21H21N3S. The number of hydrogen-bond acceptors (Lipinski definition) is 2. The standard InChI is InChI=1S/C21H21N3S/c1-15-8-10-18(11-9-15)20(17-6-4-3-5-7-17)24-21(25)23-19-14-16(2)12-13-22-19/h3-14,20H,1-2H3,(H2,22,23,24,25)/t20-/m1/s1. The molecule has 1 heterocycles. The molecule has 3 aromatic rings. The fourth-order valence-corrected chi connectivity index (χ4v) is 2.87. The number of pyridine rings is 1. The molecule has 3 rings (SSSR count). The summed E-state index contributed by atoms with van der Waals surface area (Å²) in [6.07, 6.45) is 1.77. The van der Waals surface area contributed by atoms with Crippen LogP contribution in [-0.4, -0.2) is 10.1 Å². The summed E-state index contributed by atoms with van der Waals surface area (Å²) in [7, 11) is 0. The molecular weight excluding hydrogens is 326 g/mol. The highest BCUT2D eigenvalue weighted by atomic mass is 32.1. The molecule has 1 atom stereocenters. The minimum absolute atomic E-state index is 0.0217. The lowest BCUT2D eigenvalue weighted by atomic mass is 9.98. The minimum Gasteiger partial charge on any atom is -0.351 e. The average molecular weight is 347 g/mol. The van der Waals surface area contributed by atoms with Crippen LogP contribution in [0.1, 0.15) is 28.3 Å². The maximum Gasteiger partial charge on any atom is 0.172 e. The molecule has 0 amide bonds. The van der Waals surface area contributed by atoms with Gasteiger partial charge in [0.1, 0.15) is 5.82 Å². The molecule has 0 radical (unpaired) electrons. The highest BCUT2D eigenvalue weighted by Gasteiger charge is 2.15. The van der Waals surface area contributed by atoms with Gasteiger partial charge in [-0.3, -0.25) is 0 Å². The lowest BCUT2D eigenvalue weighted by Crippen LogP contribution is -2.33. The van der Waals surface area contributed by atoms with E-state index in [1.54, 1.807) is 6.20 Å². The second kappa shape index (κ2) is 7.90. The quantitative estimate of drug-likeness (QED) is 0.666. The number of nitrogens with one attached hydrogen (secondary N) is 2. The predicted octanol–water partition coefficient (Wildman–Crippen LogP) is 4.77. The van der Waals surface area contributed by atoms with Crippen LogP contribution in [0.25, 0.3) is 0 Å². The third kappa shape index (κ3) is 4.64. The summed E-state index contributed by atoms with van der Waals surface area (Å²) >= 11 is 5.52. The summed E-state index contributed by atoms with van der Waals surface area (Å²) in [5.41, 5.74) is 4.70. The SMILES string of the molecule is Cc1ccc([C@H](NC(=S)Nc2cc(C)ccn2)c2ccccc2)cc1. The van der Waals surface area contributed by atoms with Crippen LogP contribution >= 0.6 is 12.2 Å². The number of hydrogen-bond donors (Lipinski definition) is 2. The van der Waals surface area contributed by atoms with Crippen LogP contribution in [-0.2, 0) is 0 Å². The first-order valence-corrected chi connectivity index (χ1v) is 8.64. The molecule has 0 saturated carbocycles. The Morgan fingerprint density at radius 3 is 2.24 bits per heavy atom. The van der Waals surface area contributed by atoms with Gasteiger partial charge in [0.15, 0.2) is 5.11 Å². The van der Waals surface area contributed by atoms with Crippen molar-refractivity contribution in [2.45, 2.75) is 19.9 Å². The van der Waals surface area contributed by atoms with Crippen molar-refractivity contribution in [3.8, 4) is 0 Å². The number of aromatic nitrogens is 1. The molecule has 0 spiro atoms. The predicted molar refractivity (Wildman–Crippen MR) is 108 cm³/mol. The molecule has 0 saturated heterocycles. The molecule has 0 aliphatic rings. The molecule has 25 heavy (non-hydrogen) atoms. The van der Waals surface area contributed by atoms with Crippen LogP contribution in [0, 0.1) is 13.8 Å². The van der Waals surface area contributed by atoms with Gasteiger partial charge in [0.25, 0.3) is 0 Å². The third-order valence-electron chi connectivity index (χ3n) is 3.98. The Morgan fingerprint density at radius 1 is 0.880 bits per heavy atom. The number of rotatable bonds is 4. The molecule has 2 aromatic carbocycles. The van der Waals surface area contributed by atoms with Gasteiger partial charge in [-0.05, 0) is 54.9 Å². The van der Waals surface area contributed by atoms with E-state index in [2.05, 4.69) is 58.9 Å². The van der Waals surface area contributed by atoms with Crippen LogP contribution in [0.5, 0.6) is 0 Å². The van der Waals surface area contributed by atoms with Gasteiger partial charge >= 0.3 is 0 Å². The molecule has 0 unspecified atom stereocenters. The van der Waals surface area contributed by atoms with E-state index >= 15 is 0 Å². The van der Waals surface area contributed by atoms with Crippen LogP contribution in [0.2, 0.25) is 0 Å². The van der Waals surface area contributed by atoms with Gasteiger partial charge in [0.2, 0.25) is 0 Å². The first-order valence-electron chi connectivity index (χ1n) is 8.23. The van der Waals surface area contributed by atoms with Crippen molar-refractivity contribution in [1.82, 2.24) is 10.3 Å². The largest absolute Gasteiger partial charge is 0.351 e. The number of benzene rings is 2. The number of nitrogens with zero attached hydrogens (tertiary/aromatic N) is 1. The molecule has 0 aliphatic heterocycles. The van der Waals surface area contributed by atoms with E-state index in [4.69, 9.17) is 12.2 Å². The van der Waals surface area contributed by atoms with Crippen molar-refractivity contribution in [2.24, 2.45) is 0 Å². The Labute approximate surface area is 154 Å². The Hall–Kier alpha value is -2.72. The molecule has 3 nitrogen and oxygen atoms in total. The van der Waals surface area contributed by atoms with Gasteiger partial charge in [-0.1, -0.05) is 60.2 Å². The summed E-state index contributed by atoms with van der Waals surface area (Å²) in [6.45, 7) is 4.12. The summed E-state index contributed by atoms with van der Waals surface area (Å²) < 4.78 is 0. The number of aryl methyl sites for hydroxylation is 2. The van der Waals surface area contributed by atoms with Gasteiger partial charge in [-0.15, -0.1) is 0 Å². The van der Waals surface area contributed by atoms with E-state index in [1.807, 2.05) is 37.3 Å². The van der Waals surface area contributed by atoms with E-state index in [9.17, 15) is 0 Å². The van der Waals surface area contributed by atoms with Crippen molar-refractivity contribution in [1.29, 1.82) is 0 Å². The first kappa shape index (κ1) is 17.1. The van der Waals surface area contributed by atoms with E-state index in [0.29, 0.717) is 5.11 Å². The second-order valence-corrected chi connectivity index (χ2v) is 6.48. The normalized spacial score (nSPS) is 11.6. The van der Waals surface area contributed by atoms with Crippen LogP contribution in [0.4, 0.5) is 5.82 Å². The van der Waals surface area contributed by atoms with Gasteiger partial charge < -0.3 is 10.6 Å². The zero-order valence-corrected chi connectivity index (χ0v) is 15.2. The molecule has 0 aliphatic carbocycles. The van der Waals surface area contributed by atoms with E-state index in [-0.39, 0.29) is 6.04 Å².